The number of carboxylic acid groups (broad SMARTS) is 1. The largest absolute Gasteiger partial charge is 0.476 e. The van der Waals surface area contributed by atoms with Crippen molar-refractivity contribution in [2.45, 2.75) is 13.3 Å². The molecule has 0 fully saturated rings. The van der Waals surface area contributed by atoms with Crippen LogP contribution in [0.1, 0.15) is 23.0 Å². The topological polar surface area (TPSA) is 55.1 Å². The molecule has 0 amide bonds. The number of aromatic carboxylic acids is 1. The molecule has 0 bridgehead atoms. The number of hydrogen-bond acceptors (Lipinski definition) is 3. The summed E-state index contributed by atoms with van der Waals surface area (Å²) in [7, 11) is 0. The molecule has 0 aliphatic rings. The van der Waals surface area contributed by atoms with E-state index in [0.717, 1.165) is 22.7 Å². The van der Waals surface area contributed by atoms with E-state index in [0.29, 0.717) is 0 Å². The number of thiophene rings is 1. The highest BCUT2D eigenvalue weighted by atomic mass is 32.1. The van der Waals surface area contributed by atoms with E-state index in [1.165, 1.54) is 5.56 Å². The number of hydrogen-bond donors (Lipinski definition) is 1. The van der Waals surface area contributed by atoms with E-state index in [9.17, 15) is 9.90 Å². The molecule has 21 heavy (non-hydrogen) atoms. The van der Waals surface area contributed by atoms with E-state index >= 15 is 0 Å². The van der Waals surface area contributed by atoms with Gasteiger partial charge in [0.05, 0.1) is 16.3 Å². The Hall–Kier alpha value is -2.40. The standard InChI is InChI=1S/C16H14N2O2S/c1-2-11-5-7-12(8-6-11)18-14(15-4-3-9-21-15)10-13(17-18)16(19)20/h3-10H,2H2,1H3,(H,19,20). The molecule has 0 atom stereocenters. The average molecular weight is 298 g/mol. The second-order valence-electron chi connectivity index (χ2n) is 4.63. The van der Waals surface area contributed by atoms with Crippen molar-refractivity contribution in [3.05, 3.63) is 59.1 Å². The number of aromatic nitrogens is 2. The molecule has 0 aliphatic heterocycles. The summed E-state index contributed by atoms with van der Waals surface area (Å²) in [5, 5.41) is 15.4. The molecular formula is C16H14N2O2S. The Labute approximate surface area is 126 Å². The van der Waals surface area contributed by atoms with Gasteiger partial charge in [0, 0.05) is 6.07 Å². The molecule has 106 valence electrons. The molecule has 3 aromatic rings. The summed E-state index contributed by atoms with van der Waals surface area (Å²) in [4.78, 5) is 12.2. The summed E-state index contributed by atoms with van der Waals surface area (Å²) in [6, 6.07) is 13.5. The van der Waals surface area contributed by atoms with Crippen LogP contribution in [0.3, 0.4) is 0 Å². The highest BCUT2D eigenvalue weighted by Crippen LogP contribution is 2.28. The quantitative estimate of drug-likeness (QED) is 0.795. The molecule has 0 radical (unpaired) electrons. The zero-order valence-electron chi connectivity index (χ0n) is 11.5. The smallest absolute Gasteiger partial charge is 0.356 e. The summed E-state index contributed by atoms with van der Waals surface area (Å²) >= 11 is 1.56. The average Bonchev–Trinajstić information content (AvgIpc) is 3.16. The van der Waals surface area contributed by atoms with E-state index in [2.05, 4.69) is 12.0 Å². The second-order valence-corrected chi connectivity index (χ2v) is 5.58. The fourth-order valence-corrected chi connectivity index (χ4v) is 2.88. The van der Waals surface area contributed by atoms with Crippen molar-refractivity contribution in [1.29, 1.82) is 0 Å². The Morgan fingerprint density at radius 2 is 2.05 bits per heavy atom. The number of carboxylic acids is 1. The molecule has 3 rings (SSSR count). The predicted molar refractivity (Wildman–Crippen MR) is 83.2 cm³/mol. The first kappa shape index (κ1) is 13.6. The first-order valence-corrected chi connectivity index (χ1v) is 7.53. The van der Waals surface area contributed by atoms with Crippen LogP contribution in [0.5, 0.6) is 0 Å². The first-order valence-electron chi connectivity index (χ1n) is 6.65. The van der Waals surface area contributed by atoms with Crippen LogP contribution in [-0.4, -0.2) is 20.9 Å². The first-order chi connectivity index (χ1) is 10.2. The van der Waals surface area contributed by atoms with Crippen molar-refractivity contribution in [1.82, 2.24) is 9.78 Å². The molecule has 4 nitrogen and oxygen atoms in total. The van der Waals surface area contributed by atoms with Crippen molar-refractivity contribution >= 4 is 17.3 Å². The number of benzene rings is 1. The molecule has 0 aliphatic carbocycles. The molecule has 1 aromatic carbocycles. The maximum atomic E-state index is 11.2. The van der Waals surface area contributed by atoms with Crippen molar-refractivity contribution in [2.75, 3.05) is 0 Å². The lowest BCUT2D eigenvalue weighted by atomic mass is 10.1. The van der Waals surface area contributed by atoms with Gasteiger partial charge < -0.3 is 5.11 Å². The van der Waals surface area contributed by atoms with Gasteiger partial charge in [-0.25, -0.2) is 9.48 Å². The Morgan fingerprint density at radius 3 is 2.62 bits per heavy atom. The lowest BCUT2D eigenvalue weighted by molar-refractivity contribution is 0.0690. The highest BCUT2D eigenvalue weighted by Gasteiger charge is 2.16. The van der Waals surface area contributed by atoms with Crippen LogP contribution in [0.2, 0.25) is 0 Å². The van der Waals surface area contributed by atoms with Crippen LogP contribution >= 0.6 is 11.3 Å². The van der Waals surface area contributed by atoms with Gasteiger partial charge in [0.25, 0.3) is 0 Å². The zero-order valence-corrected chi connectivity index (χ0v) is 12.3. The number of rotatable bonds is 4. The predicted octanol–water partition coefficient (Wildman–Crippen LogP) is 3.86. The molecule has 0 saturated carbocycles. The molecule has 1 N–H and O–H groups in total. The van der Waals surface area contributed by atoms with Gasteiger partial charge in [-0.3, -0.25) is 0 Å². The van der Waals surface area contributed by atoms with Crippen molar-refractivity contribution in [2.24, 2.45) is 0 Å². The Bertz CT molecular complexity index is 758. The second kappa shape index (κ2) is 5.54. The number of carbonyl (C=O) groups is 1. The summed E-state index contributed by atoms with van der Waals surface area (Å²) in [6.45, 7) is 2.10. The zero-order chi connectivity index (χ0) is 14.8. The van der Waals surface area contributed by atoms with Crippen LogP contribution in [0, 0.1) is 0 Å². The monoisotopic (exact) mass is 298 g/mol. The van der Waals surface area contributed by atoms with Gasteiger partial charge in [0.1, 0.15) is 0 Å². The lowest BCUT2D eigenvalue weighted by Gasteiger charge is -2.06. The van der Waals surface area contributed by atoms with Gasteiger partial charge in [-0.1, -0.05) is 25.1 Å². The molecule has 2 aromatic heterocycles. The van der Waals surface area contributed by atoms with Gasteiger partial charge in [0.15, 0.2) is 5.69 Å². The fourth-order valence-electron chi connectivity index (χ4n) is 2.16. The lowest BCUT2D eigenvalue weighted by Crippen LogP contribution is -2.02. The highest BCUT2D eigenvalue weighted by molar-refractivity contribution is 7.13. The van der Waals surface area contributed by atoms with Gasteiger partial charge in [0.2, 0.25) is 0 Å². The molecule has 2 heterocycles. The Morgan fingerprint density at radius 1 is 1.29 bits per heavy atom. The molecule has 0 saturated heterocycles. The minimum Gasteiger partial charge on any atom is -0.476 e. The van der Waals surface area contributed by atoms with E-state index in [1.54, 1.807) is 22.1 Å². The third-order valence-corrected chi connectivity index (χ3v) is 4.18. The van der Waals surface area contributed by atoms with Crippen LogP contribution in [-0.2, 0) is 6.42 Å². The Balaban J connectivity index is 2.13. The van der Waals surface area contributed by atoms with E-state index in [-0.39, 0.29) is 5.69 Å². The normalized spacial score (nSPS) is 10.7. The van der Waals surface area contributed by atoms with Gasteiger partial charge in [-0.2, -0.15) is 5.10 Å². The molecular weight excluding hydrogens is 284 g/mol. The van der Waals surface area contributed by atoms with Crippen LogP contribution in [0.15, 0.2) is 47.8 Å². The minimum atomic E-state index is -1.02. The van der Waals surface area contributed by atoms with E-state index in [4.69, 9.17) is 0 Å². The maximum Gasteiger partial charge on any atom is 0.356 e. The van der Waals surface area contributed by atoms with Crippen molar-refractivity contribution in [3.63, 3.8) is 0 Å². The molecule has 0 unspecified atom stereocenters. The maximum absolute atomic E-state index is 11.2. The van der Waals surface area contributed by atoms with Gasteiger partial charge >= 0.3 is 5.97 Å². The molecule has 5 heteroatoms. The molecule has 0 spiro atoms. The summed E-state index contributed by atoms with van der Waals surface area (Å²) in [5.74, 6) is -1.02. The Kier molecular flexibility index (Phi) is 3.58. The fraction of sp³-hybridized carbons (Fsp3) is 0.125. The van der Waals surface area contributed by atoms with Crippen LogP contribution in [0.25, 0.3) is 16.3 Å². The van der Waals surface area contributed by atoms with Crippen molar-refractivity contribution < 1.29 is 9.90 Å². The van der Waals surface area contributed by atoms with Crippen LogP contribution in [0.4, 0.5) is 0 Å². The SMILES string of the molecule is CCc1ccc(-n2nc(C(=O)O)cc2-c2cccs2)cc1. The van der Waals surface area contributed by atoms with E-state index < -0.39 is 5.97 Å². The van der Waals surface area contributed by atoms with E-state index in [1.807, 2.05) is 41.8 Å². The third kappa shape index (κ3) is 2.60. The van der Waals surface area contributed by atoms with Gasteiger partial charge in [-0.15, -0.1) is 11.3 Å². The number of nitrogens with zero attached hydrogens (tertiary/aromatic N) is 2. The summed E-state index contributed by atoms with van der Waals surface area (Å²) in [6.07, 6.45) is 0.970. The minimum absolute atomic E-state index is 0.0537. The summed E-state index contributed by atoms with van der Waals surface area (Å²) in [5.41, 5.74) is 2.95. The number of aryl methyl sites for hydroxylation is 1. The van der Waals surface area contributed by atoms with Crippen LogP contribution < -0.4 is 0 Å². The third-order valence-electron chi connectivity index (χ3n) is 3.29. The van der Waals surface area contributed by atoms with Gasteiger partial charge in [-0.05, 0) is 35.6 Å². The summed E-state index contributed by atoms with van der Waals surface area (Å²) < 4.78 is 1.69. The van der Waals surface area contributed by atoms with Crippen molar-refractivity contribution in [3.8, 4) is 16.3 Å².